The van der Waals surface area contributed by atoms with Crippen LogP contribution >= 0.6 is 0 Å². The summed E-state index contributed by atoms with van der Waals surface area (Å²) in [6.07, 6.45) is 20.0. The Kier molecular flexibility index (Phi) is 27.0. The Bertz CT molecular complexity index is 5820. The van der Waals surface area contributed by atoms with Gasteiger partial charge in [0.15, 0.2) is 51.7 Å². The zero-order valence-corrected chi connectivity index (χ0v) is 69.2. The highest BCUT2D eigenvalue weighted by atomic mass is 19.1. The van der Waals surface area contributed by atoms with Crippen LogP contribution in [0.2, 0.25) is 0 Å². The maximum Gasteiger partial charge on any atom is 0.252 e. The number of amides is 3. The minimum Gasteiger partial charge on any atom is -0.494 e. The van der Waals surface area contributed by atoms with Crippen LogP contribution in [0.15, 0.2) is 202 Å². The number of carbonyl (C=O) groups excluding carboxylic acids is 3. The normalized spacial score (nSPS) is 15.3. The molecule has 0 aliphatic carbocycles. The van der Waals surface area contributed by atoms with E-state index in [1.54, 1.807) is 129 Å². The van der Waals surface area contributed by atoms with Gasteiger partial charge in [0, 0.05) is 68.0 Å². The predicted octanol–water partition coefficient (Wildman–Crippen LogP) is 17.4. The third-order valence-corrected chi connectivity index (χ3v) is 20.9. The van der Waals surface area contributed by atoms with Crippen LogP contribution < -0.4 is 42.6 Å². The van der Waals surface area contributed by atoms with Crippen LogP contribution in [0, 0.1) is 29.4 Å². The molecule has 6 aromatic heterocycles. The van der Waals surface area contributed by atoms with E-state index in [0.717, 1.165) is 106 Å². The molecule has 0 spiro atoms. The lowest BCUT2D eigenvalue weighted by Gasteiger charge is -2.32. The number of ether oxygens (including phenoxy) is 9. The second kappa shape index (κ2) is 38.3. The summed E-state index contributed by atoms with van der Waals surface area (Å²) in [5, 5.41) is 17.4. The Morgan fingerprint density at radius 3 is 1.31 bits per heavy atom. The fourth-order valence-electron chi connectivity index (χ4n) is 15.1. The van der Waals surface area contributed by atoms with Gasteiger partial charge in [0.05, 0.1) is 108 Å². The number of allylic oxidation sites excluding steroid dienone is 1. The summed E-state index contributed by atoms with van der Waals surface area (Å²) in [7, 11) is 11.4. The lowest BCUT2D eigenvalue weighted by atomic mass is 9.95. The molecule has 0 bridgehead atoms. The molecule has 6 aromatic carbocycles. The molecule has 0 N–H and O–H groups in total. The Balaban J connectivity index is 0.000000157. The average molecular weight is 1650 g/mol. The molecule has 3 aliphatic rings. The highest BCUT2D eigenvalue weighted by molar-refractivity contribution is 5.99. The Morgan fingerprint density at radius 2 is 0.901 bits per heavy atom. The fourth-order valence-corrected chi connectivity index (χ4v) is 15.1. The van der Waals surface area contributed by atoms with Crippen LogP contribution in [0.5, 0.6) is 69.0 Å². The number of hydrogen-bond acceptors (Lipinski definition) is 19. The molecular weight excluding hydrogens is 1550 g/mol. The van der Waals surface area contributed by atoms with Gasteiger partial charge in [-0.1, -0.05) is 58.2 Å². The maximum absolute atomic E-state index is 14.6. The quantitative estimate of drug-likeness (QED) is 0.0361. The van der Waals surface area contributed by atoms with Gasteiger partial charge in [-0.15, -0.1) is 0 Å². The predicted molar refractivity (Wildman–Crippen MR) is 454 cm³/mol. The Hall–Kier alpha value is -13.8. The van der Waals surface area contributed by atoms with Gasteiger partial charge in [-0.3, -0.25) is 43.4 Å². The molecule has 3 fully saturated rings. The zero-order valence-electron chi connectivity index (χ0n) is 69.2. The van der Waals surface area contributed by atoms with Crippen LogP contribution in [-0.2, 0) is 27.5 Å². The van der Waals surface area contributed by atoms with E-state index in [0.29, 0.717) is 86.1 Å². The van der Waals surface area contributed by atoms with Crippen molar-refractivity contribution in [1.82, 2.24) is 63.9 Å². The van der Waals surface area contributed by atoms with Crippen LogP contribution in [0.25, 0.3) is 71.3 Å². The van der Waals surface area contributed by atoms with Gasteiger partial charge in [0.1, 0.15) is 57.5 Å². The average Bonchev–Trinajstić information content (AvgIpc) is 1.62. The van der Waals surface area contributed by atoms with Crippen LogP contribution in [0.3, 0.4) is 0 Å². The van der Waals surface area contributed by atoms with Gasteiger partial charge in [-0.05, 0) is 179 Å². The van der Waals surface area contributed by atoms with Gasteiger partial charge in [-0.2, -0.15) is 28.5 Å². The number of nitrogens with zero attached hydrogens (tertiary/aromatic N) is 14. The molecule has 0 radical (unpaired) electrons. The smallest absolute Gasteiger partial charge is 0.252 e. The van der Waals surface area contributed by atoms with Crippen molar-refractivity contribution in [2.24, 2.45) is 5.41 Å². The lowest BCUT2D eigenvalue weighted by molar-refractivity contribution is -0.128. The summed E-state index contributed by atoms with van der Waals surface area (Å²) >= 11 is 0. The van der Waals surface area contributed by atoms with Crippen molar-refractivity contribution in [3.8, 4) is 103 Å². The third kappa shape index (κ3) is 19.2. The summed E-state index contributed by atoms with van der Waals surface area (Å²) in [5.41, 5.74) is 6.89. The number of hydrogen-bond donors (Lipinski definition) is 0. The molecule has 2 unspecified atom stereocenters. The summed E-state index contributed by atoms with van der Waals surface area (Å²) in [6.45, 7) is 25.5. The van der Waals surface area contributed by atoms with Crippen molar-refractivity contribution in [1.29, 1.82) is 0 Å². The molecule has 15 rings (SSSR count). The first-order chi connectivity index (χ1) is 58.5. The standard InChI is InChI=1S/C33H34FN5O4.C31H34FN5O4.C28H27FN4O4/c1-33(2,3)17-25(35-4)32(40)38-16-8-9-22(38)20-39-31-24(18-36-19-28(31)42-6)30(37-39)21-12-14-23(15-13-21)43-27-11-7-10-26(41-5)29(27)34;1-5-28(38)36-15-7-8-22(20-36)37-31-24(18-33-19-27(31)40-17-16-35(2)3)30(34-37)21-11-13-23(14-12-21)41-26-10-6-9-25(39-4)29(26)32;1-4-25(34)32-14-6-7-19(32)17-33-28-21(15-30-16-24(28)36-3)27(31-33)18-10-12-20(13-11-18)37-23-9-5-8-22(35-2)26(23)29/h7,10-15,17-19,22H,8-9,16,20H2,1-3,5-6H3;5-6,9-14,18-19,22H,1,7-8,15-17,20H2,2-4H3;4-5,8-13,15-16,19H,1,6-7,14,17H2,2-3H3/b25-17-;;/t;22-;/m.1./s1. The number of halogens is 3. The molecule has 29 heteroatoms. The maximum atomic E-state index is 14.6. The first-order valence-corrected chi connectivity index (χ1v) is 39.5. The fraction of sp³-hybridized carbons (Fsp3) is 0.304. The largest absolute Gasteiger partial charge is 0.494 e. The van der Waals surface area contributed by atoms with Crippen molar-refractivity contribution in [2.45, 2.75) is 90.5 Å². The van der Waals surface area contributed by atoms with Gasteiger partial charge < -0.3 is 62.2 Å². The van der Waals surface area contributed by atoms with Crippen molar-refractivity contribution < 1.29 is 70.2 Å². The minimum absolute atomic E-state index is 0.00728. The Morgan fingerprint density at radius 1 is 0.504 bits per heavy atom. The minimum atomic E-state index is -0.575. The molecule has 121 heavy (non-hydrogen) atoms. The van der Waals surface area contributed by atoms with Crippen LogP contribution in [0.4, 0.5) is 13.2 Å². The van der Waals surface area contributed by atoms with E-state index >= 15 is 0 Å². The van der Waals surface area contributed by atoms with Crippen LogP contribution in [-0.4, -0.2) is 183 Å². The van der Waals surface area contributed by atoms with E-state index in [1.807, 2.05) is 95.1 Å². The SMILES string of the molecule is C=CC(=O)N1CCCC1Cn1nc(-c2ccc(Oc3cccc(OC)c3F)cc2)c2cncc(OC)c21.C=CC(=O)N1CCC[C@@H](n2nc(-c3ccc(Oc4cccc(OC)c4F)cc3)c3cncc(OCCN(C)C)c32)C1.[C-]#[N+]/C(=C\C(C)(C)C)C(=O)N1CCCC1Cn1nc(-c2ccc(Oc3cccc(OC)c3F)cc2)c2cncc(OC)c21. The summed E-state index contributed by atoms with van der Waals surface area (Å²) in [5.74, 6) is 1.64. The number of benzene rings is 6. The number of methoxy groups -OCH3 is 5. The van der Waals surface area contributed by atoms with Gasteiger partial charge in [0.2, 0.25) is 35.0 Å². The van der Waals surface area contributed by atoms with E-state index in [-0.39, 0.29) is 81.5 Å². The number of rotatable bonds is 26. The number of carbonyl (C=O) groups is 3. The summed E-state index contributed by atoms with van der Waals surface area (Å²) in [6, 6.07) is 35.8. The first-order valence-electron chi connectivity index (χ1n) is 39.5. The molecule has 3 saturated heterocycles. The monoisotopic (exact) mass is 1640 g/mol. The number of aromatic nitrogens is 9. The third-order valence-electron chi connectivity index (χ3n) is 20.9. The molecule has 12 aromatic rings. The van der Waals surface area contributed by atoms with E-state index in [4.69, 9.17) is 64.5 Å². The molecule has 0 saturated carbocycles. The number of likely N-dealkylation sites (tertiary alicyclic amines) is 3. The molecular formula is C92H95F3N14O12. The molecule has 26 nitrogen and oxygen atoms in total. The second-order valence-corrected chi connectivity index (χ2v) is 30.3. The number of fused-ring (bicyclic) bond motifs is 3. The van der Waals surface area contributed by atoms with E-state index in [2.05, 4.69) is 37.9 Å². The first kappa shape index (κ1) is 85.1. The number of likely N-dealkylation sites (N-methyl/N-ethyl adjacent to an activating group) is 1. The van der Waals surface area contributed by atoms with E-state index in [1.165, 1.54) is 57.7 Å². The molecule has 3 amide bonds. The molecule has 3 atom stereocenters. The Labute approximate surface area is 699 Å². The highest BCUT2D eigenvalue weighted by Crippen LogP contribution is 2.42. The number of pyridine rings is 3. The van der Waals surface area contributed by atoms with Crippen molar-refractivity contribution in [3.63, 3.8) is 0 Å². The molecule has 9 heterocycles. The van der Waals surface area contributed by atoms with E-state index < -0.39 is 17.5 Å². The van der Waals surface area contributed by atoms with Gasteiger partial charge >= 0.3 is 0 Å². The topological polar surface area (TPSA) is 244 Å². The summed E-state index contributed by atoms with van der Waals surface area (Å²) in [4.78, 5) is 62.4. The van der Waals surface area contributed by atoms with Crippen molar-refractivity contribution in [3.05, 3.63) is 231 Å². The zero-order chi connectivity index (χ0) is 85.6. The van der Waals surface area contributed by atoms with Gasteiger partial charge in [0.25, 0.3) is 5.91 Å². The second-order valence-electron chi connectivity index (χ2n) is 30.3. The van der Waals surface area contributed by atoms with E-state index in [9.17, 15) is 27.6 Å². The molecule has 626 valence electrons. The molecule has 3 aliphatic heterocycles. The van der Waals surface area contributed by atoms with Crippen LogP contribution in [0.1, 0.15) is 65.3 Å². The van der Waals surface area contributed by atoms with Gasteiger partial charge in [-0.25, -0.2) is 4.85 Å². The summed E-state index contributed by atoms with van der Waals surface area (Å²) < 4.78 is 99.4. The number of piperidine rings is 1. The van der Waals surface area contributed by atoms with Crippen molar-refractivity contribution in [2.75, 3.05) is 89.0 Å². The van der Waals surface area contributed by atoms with Crippen molar-refractivity contribution >= 4 is 50.4 Å². The highest BCUT2D eigenvalue weighted by Gasteiger charge is 2.35. The lowest BCUT2D eigenvalue weighted by Crippen LogP contribution is -2.40.